The summed E-state index contributed by atoms with van der Waals surface area (Å²) < 4.78 is 46.4. The maximum Gasteiger partial charge on any atom is 0.243 e. The average Bonchev–Trinajstić information content (AvgIpc) is 2.85. The number of hydrogen-bond acceptors (Lipinski definition) is 5. The van der Waals surface area contributed by atoms with Gasteiger partial charge in [-0.2, -0.15) is 4.31 Å². The van der Waals surface area contributed by atoms with Crippen molar-refractivity contribution in [2.75, 3.05) is 50.8 Å². The Kier molecular flexibility index (Phi) is 7.42. The highest BCUT2D eigenvalue weighted by molar-refractivity contribution is 7.89. The second-order valence-corrected chi connectivity index (χ2v) is 10.8. The summed E-state index contributed by atoms with van der Waals surface area (Å²) in [6.45, 7) is 7.53. The van der Waals surface area contributed by atoms with Crippen LogP contribution >= 0.6 is 0 Å². The monoisotopic (exact) mass is 489 g/mol. The number of halogens is 1. The molecular weight excluding hydrogens is 457 g/mol. The van der Waals surface area contributed by atoms with Crippen LogP contribution in [0.1, 0.15) is 25.3 Å². The molecule has 0 N–H and O–H groups in total. The fourth-order valence-electron chi connectivity index (χ4n) is 4.69. The van der Waals surface area contributed by atoms with Crippen LogP contribution in [0.4, 0.5) is 10.1 Å². The molecule has 0 radical (unpaired) electrons. The highest BCUT2D eigenvalue weighted by Crippen LogP contribution is 2.28. The molecule has 0 atom stereocenters. The van der Waals surface area contributed by atoms with Crippen molar-refractivity contribution in [3.05, 3.63) is 53.8 Å². The zero-order valence-electron chi connectivity index (χ0n) is 19.7. The lowest BCUT2D eigenvalue weighted by atomic mass is 9.96. The fraction of sp³-hybridized carbons (Fsp3) is 0.480. The Bertz CT molecular complexity index is 1110. The van der Waals surface area contributed by atoms with Crippen LogP contribution in [0.3, 0.4) is 0 Å². The summed E-state index contributed by atoms with van der Waals surface area (Å²) in [4.78, 5) is 17.4. The van der Waals surface area contributed by atoms with Crippen LogP contribution in [-0.2, 0) is 14.8 Å². The van der Waals surface area contributed by atoms with Gasteiger partial charge in [0.05, 0.1) is 11.5 Å². The molecule has 0 aliphatic carbocycles. The lowest BCUT2D eigenvalue weighted by Crippen LogP contribution is -2.52. The number of piperazine rings is 1. The van der Waals surface area contributed by atoms with Crippen LogP contribution in [0.5, 0.6) is 5.75 Å². The first-order chi connectivity index (χ1) is 16.3. The number of amides is 1. The van der Waals surface area contributed by atoms with Crippen molar-refractivity contribution in [3.63, 3.8) is 0 Å². The van der Waals surface area contributed by atoms with E-state index in [1.165, 1.54) is 16.4 Å². The van der Waals surface area contributed by atoms with E-state index in [2.05, 4.69) is 4.90 Å². The van der Waals surface area contributed by atoms with Gasteiger partial charge in [0.15, 0.2) is 0 Å². The molecule has 7 nitrogen and oxygen atoms in total. The number of carbonyl (C=O) groups is 1. The van der Waals surface area contributed by atoms with Gasteiger partial charge in [0, 0.05) is 50.9 Å². The largest absolute Gasteiger partial charge is 0.494 e. The highest BCUT2D eigenvalue weighted by Gasteiger charge is 2.34. The molecule has 2 heterocycles. The maximum atomic E-state index is 13.2. The van der Waals surface area contributed by atoms with Crippen molar-refractivity contribution < 1.29 is 22.3 Å². The van der Waals surface area contributed by atoms with Gasteiger partial charge in [0.1, 0.15) is 11.6 Å². The molecule has 184 valence electrons. The number of benzene rings is 2. The SMILES string of the molecule is CCOc1ccc(S(=O)(=O)N2CCC(C(=O)N3CCN(c4ccc(F)cc4)CC3)CC2)cc1C. The first-order valence-corrected chi connectivity index (χ1v) is 13.3. The Morgan fingerprint density at radius 1 is 1.00 bits per heavy atom. The molecule has 2 aromatic carbocycles. The molecule has 34 heavy (non-hydrogen) atoms. The standard InChI is InChI=1S/C25H32FN3O4S/c1-3-33-24-9-8-23(18-19(24)2)34(31,32)29-12-10-20(11-13-29)25(30)28-16-14-27(15-17-28)22-6-4-21(26)5-7-22/h4-9,18,20H,3,10-17H2,1-2H3. The maximum absolute atomic E-state index is 13.2. The summed E-state index contributed by atoms with van der Waals surface area (Å²) in [6.07, 6.45) is 1.04. The van der Waals surface area contributed by atoms with E-state index in [4.69, 9.17) is 4.74 Å². The van der Waals surface area contributed by atoms with Crippen LogP contribution in [0, 0.1) is 18.7 Å². The third-order valence-electron chi connectivity index (χ3n) is 6.67. The fourth-order valence-corrected chi connectivity index (χ4v) is 6.24. The van der Waals surface area contributed by atoms with E-state index in [0.29, 0.717) is 64.5 Å². The summed E-state index contributed by atoms with van der Waals surface area (Å²) in [6, 6.07) is 11.4. The van der Waals surface area contributed by atoms with Crippen molar-refractivity contribution in [2.24, 2.45) is 5.92 Å². The molecule has 0 spiro atoms. The van der Waals surface area contributed by atoms with E-state index < -0.39 is 10.0 Å². The Balaban J connectivity index is 1.31. The first kappa shape index (κ1) is 24.5. The quantitative estimate of drug-likeness (QED) is 0.623. The van der Waals surface area contributed by atoms with Crippen LogP contribution in [-0.4, -0.2) is 69.4 Å². The van der Waals surface area contributed by atoms with Gasteiger partial charge in [0.25, 0.3) is 0 Å². The summed E-state index contributed by atoms with van der Waals surface area (Å²) in [5, 5.41) is 0. The number of sulfonamides is 1. The number of piperidine rings is 1. The summed E-state index contributed by atoms with van der Waals surface area (Å²) >= 11 is 0. The van der Waals surface area contributed by atoms with Gasteiger partial charge in [-0.25, -0.2) is 12.8 Å². The lowest BCUT2D eigenvalue weighted by molar-refractivity contribution is -0.137. The van der Waals surface area contributed by atoms with E-state index in [9.17, 15) is 17.6 Å². The van der Waals surface area contributed by atoms with E-state index in [1.54, 1.807) is 30.3 Å². The number of rotatable bonds is 6. The minimum atomic E-state index is -3.61. The van der Waals surface area contributed by atoms with E-state index in [1.807, 2.05) is 18.7 Å². The highest BCUT2D eigenvalue weighted by atomic mass is 32.2. The Morgan fingerprint density at radius 2 is 1.65 bits per heavy atom. The Morgan fingerprint density at radius 3 is 2.24 bits per heavy atom. The molecule has 0 unspecified atom stereocenters. The molecule has 0 saturated carbocycles. The number of carbonyl (C=O) groups excluding carboxylic acids is 1. The van der Waals surface area contributed by atoms with Gasteiger partial charge < -0.3 is 14.5 Å². The smallest absolute Gasteiger partial charge is 0.243 e. The minimum absolute atomic E-state index is 0.104. The van der Waals surface area contributed by atoms with Crippen LogP contribution in [0.2, 0.25) is 0 Å². The van der Waals surface area contributed by atoms with Crippen molar-refractivity contribution in [1.29, 1.82) is 0 Å². The molecule has 2 aliphatic rings. The third kappa shape index (κ3) is 5.20. The van der Waals surface area contributed by atoms with E-state index >= 15 is 0 Å². The second-order valence-electron chi connectivity index (χ2n) is 8.83. The summed E-state index contributed by atoms with van der Waals surface area (Å²) in [7, 11) is -3.61. The molecule has 0 bridgehead atoms. The predicted octanol–water partition coefficient (Wildman–Crippen LogP) is 3.28. The molecule has 9 heteroatoms. The predicted molar refractivity (Wildman–Crippen MR) is 129 cm³/mol. The second kappa shape index (κ2) is 10.3. The number of anilines is 1. The average molecular weight is 490 g/mol. The zero-order chi connectivity index (χ0) is 24.3. The Hall–Kier alpha value is -2.65. The van der Waals surface area contributed by atoms with Gasteiger partial charge in [-0.1, -0.05) is 0 Å². The number of hydrogen-bond donors (Lipinski definition) is 0. The van der Waals surface area contributed by atoms with Crippen molar-refractivity contribution >= 4 is 21.6 Å². The topological polar surface area (TPSA) is 70.2 Å². The molecule has 2 aliphatic heterocycles. The molecule has 2 fully saturated rings. The zero-order valence-corrected chi connectivity index (χ0v) is 20.6. The molecular formula is C25H32FN3O4S. The van der Waals surface area contributed by atoms with Crippen LogP contribution in [0.25, 0.3) is 0 Å². The molecule has 0 aromatic heterocycles. The molecule has 2 aromatic rings. The van der Waals surface area contributed by atoms with Gasteiger partial charge in [-0.05, 0) is 74.7 Å². The Labute approximate surface area is 201 Å². The van der Waals surface area contributed by atoms with Gasteiger partial charge in [0.2, 0.25) is 15.9 Å². The number of aryl methyl sites for hydroxylation is 1. The third-order valence-corrected chi connectivity index (χ3v) is 8.56. The minimum Gasteiger partial charge on any atom is -0.494 e. The summed E-state index contributed by atoms with van der Waals surface area (Å²) in [5.74, 6) is 0.368. The van der Waals surface area contributed by atoms with Crippen LogP contribution < -0.4 is 9.64 Å². The van der Waals surface area contributed by atoms with Gasteiger partial charge >= 0.3 is 0 Å². The molecule has 2 saturated heterocycles. The van der Waals surface area contributed by atoms with Gasteiger partial charge in [-0.15, -0.1) is 0 Å². The van der Waals surface area contributed by atoms with Crippen molar-refractivity contribution in [1.82, 2.24) is 9.21 Å². The molecule has 4 rings (SSSR count). The van der Waals surface area contributed by atoms with Crippen molar-refractivity contribution in [2.45, 2.75) is 31.6 Å². The van der Waals surface area contributed by atoms with E-state index in [0.717, 1.165) is 11.3 Å². The van der Waals surface area contributed by atoms with Gasteiger partial charge in [-0.3, -0.25) is 4.79 Å². The lowest BCUT2D eigenvalue weighted by Gasteiger charge is -2.39. The normalized spacial score (nSPS) is 18.2. The van der Waals surface area contributed by atoms with E-state index in [-0.39, 0.29) is 22.5 Å². The first-order valence-electron chi connectivity index (χ1n) is 11.8. The summed E-state index contributed by atoms with van der Waals surface area (Å²) in [5.41, 5.74) is 1.74. The number of nitrogens with zero attached hydrogens (tertiary/aromatic N) is 3. The van der Waals surface area contributed by atoms with Crippen molar-refractivity contribution in [3.8, 4) is 5.75 Å². The van der Waals surface area contributed by atoms with Crippen LogP contribution in [0.15, 0.2) is 47.4 Å². The molecule has 1 amide bonds. The number of ether oxygens (including phenoxy) is 1.